The van der Waals surface area contributed by atoms with E-state index in [1.165, 1.54) is 0 Å². The van der Waals surface area contributed by atoms with Crippen LogP contribution in [0.25, 0.3) is 5.84 Å². The number of nitrogens with one attached hydrogen (secondary N) is 1. The Kier molecular flexibility index (Phi) is 5.07. The number of nitrogens with zero attached hydrogens (tertiary/aromatic N) is 7. The number of carbonyl (C=O) groups excluding carboxylic acids is 1. The molecule has 4 heterocycles. The summed E-state index contributed by atoms with van der Waals surface area (Å²) in [7, 11) is 0. The largest absolute Gasteiger partial charge is 0.427 e. The Balaban J connectivity index is 1.39. The maximum Gasteiger partial charge on any atom is 0.326 e. The minimum atomic E-state index is -0.0949. The third kappa shape index (κ3) is 3.61. The van der Waals surface area contributed by atoms with Crippen LogP contribution in [0.2, 0.25) is 0 Å². The van der Waals surface area contributed by atoms with Gasteiger partial charge < -0.3 is 9.32 Å². The van der Waals surface area contributed by atoms with E-state index in [9.17, 15) is 4.79 Å². The van der Waals surface area contributed by atoms with Crippen LogP contribution in [0, 0.1) is 12.8 Å². The first kappa shape index (κ1) is 18.5. The van der Waals surface area contributed by atoms with Gasteiger partial charge in [-0.1, -0.05) is 0 Å². The SMILES string of the molecule is C/C(=N\NC(=O)C1CCN(c2ncccn2)CC1)c1c(C)oc2nc(Br)nn12. The van der Waals surface area contributed by atoms with Gasteiger partial charge in [0.1, 0.15) is 11.5 Å². The predicted octanol–water partition coefficient (Wildman–Crippen LogP) is 1.94. The zero-order valence-corrected chi connectivity index (χ0v) is 17.0. The average Bonchev–Trinajstić information content (AvgIpc) is 3.20. The third-order valence-electron chi connectivity index (χ3n) is 4.72. The summed E-state index contributed by atoms with van der Waals surface area (Å²) in [6, 6.07) is 1.79. The number of carbonyl (C=O) groups is 1. The molecule has 0 aliphatic carbocycles. The fourth-order valence-electron chi connectivity index (χ4n) is 3.31. The summed E-state index contributed by atoms with van der Waals surface area (Å²) in [4.78, 5) is 27.3. The molecule has 1 saturated heterocycles. The molecule has 146 valence electrons. The lowest BCUT2D eigenvalue weighted by Crippen LogP contribution is -2.40. The van der Waals surface area contributed by atoms with Crippen LogP contribution in [0.3, 0.4) is 0 Å². The van der Waals surface area contributed by atoms with Gasteiger partial charge in [-0.05, 0) is 48.7 Å². The van der Waals surface area contributed by atoms with E-state index in [1.54, 1.807) is 29.9 Å². The van der Waals surface area contributed by atoms with Gasteiger partial charge in [0.15, 0.2) is 0 Å². The summed E-state index contributed by atoms with van der Waals surface area (Å²) in [5.74, 6) is 1.52. The monoisotopic (exact) mass is 446 g/mol. The highest BCUT2D eigenvalue weighted by Gasteiger charge is 2.26. The average molecular weight is 447 g/mol. The third-order valence-corrected chi connectivity index (χ3v) is 5.05. The Bertz CT molecular complexity index is 1020. The van der Waals surface area contributed by atoms with E-state index in [4.69, 9.17) is 4.42 Å². The Morgan fingerprint density at radius 2 is 2.04 bits per heavy atom. The number of aromatic nitrogens is 5. The van der Waals surface area contributed by atoms with Crippen LogP contribution < -0.4 is 10.3 Å². The number of fused-ring (bicyclic) bond motifs is 1. The minimum absolute atomic E-state index is 0.0925. The van der Waals surface area contributed by atoms with Crippen molar-refractivity contribution in [2.24, 2.45) is 11.0 Å². The fraction of sp³-hybridized carbons (Fsp3) is 0.412. The lowest BCUT2D eigenvalue weighted by Gasteiger charge is -2.30. The number of aryl methyl sites for hydroxylation is 1. The zero-order valence-electron chi connectivity index (χ0n) is 15.5. The molecule has 0 atom stereocenters. The van der Waals surface area contributed by atoms with Crippen molar-refractivity contribution >= 4 is 39.3 Å². The smallest absolute Gasteiger partial charge is 0.326 e. The zero-order chi connectivity index (χ0) is 19.7. The number of piperidine rings is 1. The first-order chi connectivity index (χ1) is 13.5. The topological polar surface area (TPSA) is 114 Å². The summed E-state index contributed by atoms with van der Waals surface area (Å²) < 4.78 is 7.55. The summed E-state index contributed by atoms with van der Waals surface area (Å²) >= 11 is 3.22. The first-order valence-electron chi connectivity index (χ1n) is 8.91. The fourth-order valence-corrected chi connectivity index (χ4v) is 3.62. The number of anilines is 1. The van der Waals surface area contributed by atoms with E-state index in [2.05, 4.69) is 51.4 Å². The first-order valence-corrected chi connectivity index (χ1v) is 9.70. The van der Waals surface area contributed by atoms with Gasteiger partial charge in [-0.25, -0.2) is 15.4 Å². The lowest BCUT2D eigenvalue weighted by molar-refractivity contribution is -0.125. The van der Waals surface area contributed by atoms with Crippen molar-refractivity contribution in [3.63, 3.8) is 0 Å². The van der Waals surface area contributed by atoms with Crippen molar-refractivity contribution in [3.05, 3.63) is 34.6 Å². The maximum atomic E-state index is 12.5. The van der Waals surface area contributed by atoms with Crippen LogP contribution in [0.4, 0.5) is 5.95 Å². The molecule has 1 N–H and O–H groups in total. The lowest BCUT2D eigenvalue weighted by atomic mass is 9.96. The molecule has 1 aliphatic rings. The van der Waals surface area contributed by atoms with Crippen molar-refractivity contribution in [1.29, 1.82) is 0 Å². The molecule has 0 saturated carbocycles. The Morgan fingerprint density at radius 1 is 1.32 bits per heavy atom. The van der Waals surface area contributed by atoms with Crippen molar-refractivity contribution in [2.75, 3.05) is 18.0 Å². The molecule has 0 unspecified atom stereocenters. The summed E-state index contributed by atoms with van der Waals surface area (Å²) in [5, 5.41) is 8.48. The molecule has 3 aromatic rings. The van der Waals surface area contributed by atoms with Gasteiger partial charge >= 0.3 is 5.84 Å². The molecule has 1 aliphatic heterocycles. The molecule has 11 heteroatoms. The summed E-state index contributed by atoms with van der Waals surface area (Å²) in [6.45, 7) is 5.07. The van der Waals surface area contributed by atoms with E-state index < -0.39 is 0 Å². The van der Waals surface area contributed by atoms with Crippen molar-refractivity contribution < 1.29 is 9.21 Å². The highest BCUT2D eigenvalue weighted by molar-refractivity contribution is 9.10. The molecule has 1 amide bonds. The molecule has 0 aromatic carbocycles. The van der Waals surface area contributed by atoms with E-state index in [0.29, 0.717) is 33.7 Å². The quantitative estimate of drug-likeness (QED) is 0.480. The highest BCUT2D eigenvalue weighted by atomic mass is 79.9. The van der Waals surface area contributed by atoms with Crippen LogP contribution in [0.15, 0.2) is 32.7 Å². The molecule has 10 nitrogen and oxygen atoms in total. The van der Waals surface area contributed by atoms with E-state index in [0.717, 1.165) is 25.9 Å². The number of hydrogen-bond acceptors (Lipinski definition) is 8. The summed E-state index contributed by atoms with van der Waals surface area (Å²) in [6.07, 6.45) is 4.90. The molecular formula is C17H19BrN8O2. The van der Waals surface area contributed by atoms with Crippen LogP contribution >= 0.6 is 15.9 Å². The van der Waals surface area contributed by atoms with E-state index >= 15 is 0 Å². The van der Waals surface area contributed by atoms with Gasteiger partial charge in [-0.3, -0.25) is 4.79 Å². The second-order valence-electron chi connectivity index (χ2n) is 6.57. The van der Waals surface area contributed by atoms with Crippen molar-refractivity contribution in [1.82, 2.24) is 30.0 Å². The highest BCUT2D eigenvalue weighted by Crippen LogP contribution is 2.21. The molecule has 3 aromatic heterocycles. The van der Waals surface area contributed by atoms with Gasteiger partial charge in [0.05, 0.1) is 5.71 Å². The van der Waals surface area contributed by atoms with Crippen molar-refractivity contribution in [2.45, 2.75) is 26.7 Å². The molecule has 0 bridgehead atoms. The van der Waals surface area contributed by atoms with Gasteiger partial charge in [-0.2, -0.15) is 14.6 Å². The summed E-state index contributed by atoms with van der Waals surface area (Å²) in [5.41, 5.74) is 3.94. The molecule has 28 heavy (non-hydrogen) atoms. The van der Waals surface area contributed by atoms with Gasteiger partial charge in [0.2, 0.25) is 16.6 Å². The number of rotatable bonds is 4. The Morgan fingerprint density at radius 3 is 2.75 bits per heavy atom. The molecule has 1 fully saturated rings. The maximum absolute atomic E-state index is 12.5. The number of halogens is 1. The minimum Gasteiger partial charge on any atom is -0.427 e. The number of oxazole rings is 1. The number of amides is 1. The Hall–Kier alpha value is -2.82. The van der Waals surface area contributed by atoms with Gasteiger partial charge in [0, 0.05) is 31.4 Å². The predicted molar refractivity (Wildman–Crippen MR) is 105 cm³/mol. The van der Waals surface area contributed by atoms with Crippen LogP contribution in [-0.2, 0) is 4.79 Å². The van der Waals surface area contributed by atoms with Gasteiger partial charge in [-0.15, -0.1) is 5.10 Å². The van der Waals surface area contributed by atoms with E-state index in [-0.39, 0.29) is 11.8 Å². The van der Waals surface area contributed by atoms with Crippen LogP contribution in [0.1, 0.15) is 31.2 Å². The number of hydrazone groups is 1. The normalized spacial score (nSPS) is 16.0. The molecule has 0 spiro atoms. The molecule has 4 rings (SSSR count). The second-order valence-corrected chi connectivity index (χ2v) is 7.27. The second kappa shape index (κ2) is 7.66. The number of hydrogen-bond donors (Lipinski definition) is 1. The van der Waals surface area contributed by atoms with Crippen LogP contribution in [0.5, 0.6) is 0 Å². The van der Waals surface area contributed by atoms with Gasteiger partial charge in [0.25, 0.3) is 0 Å². The standard InChI is InChI=1S/C17H19BrN8O2/c1-10(13-11(2)28-17-21-15(18)24-26(13)17)22-23-14(27)12-4-8-25(9-5-12)16-19-6-3-7-20-16/h3,6-7,12H,4-5,8-9H2,1-2H3,(H,23,27)/b22-10+. The molecular weight excluding hydrogens is 428 g/mol. The van der Waals surface area contributed by atoms with Crippen molar-refractivity contribution in [3.8, 4) is 0 Å². The van der Waals surface area contributed by atoms with E-state index in [1.807, 2.05) is 6.92 Å². The molecule has 0 radical (unpaired) electrons. The van der Waals surface area contributed by atoms with Crippen LogP contribution in [-0.4, -0.2) is 49.3 Å². The Labute approximate surface area is 169 Å².